The highest BCUT2D eigenvalue weighted by Crippen LogP contribution is 2.15. The molecule has 4 N–H and O–H groups in total. The molecule has 1 heterocycles. The summed E-state index contributed by atoms with van der Waals surface area (Å²) in [5.41, 5.74) is 6.15. The molecule has 0 aromatic heterocycles. The molecular formula is C13H18FN3O3S. The molecule has 8 heteroatoms. The zero-order valence-corrected chi connectivity index (χ0v) is 12.2. The molecule has 1 aromatic carbocycles. The van der Waals surface area contributed by atoms with Crippen LogP contribution in [0, 0.1) is 5.82 Å². The number of sulfone groups is 1. The van der Waals surface area contributed by atoms with E-state index < -0.39 is 15.7 Å². The number of halogens is 1. The Labute approximate surface area is 122 Å². The topological polar surface area (TPSA) is 105 Å². The van der Waals surface area contributed by atoms with Crippen molar-refractivity contribution in [3.8, 4) is 0 Å². The van der Waals surface area contributed by atoms with Gasteiger partial charge in [0.15, 0.2) is 5.84 Å². The lowest BCUT2D eigenvalue weighted by Crippen LogP contribution is -2.37. The van der Waals surface area contributed by atoms with Crippen molar-refractivity contribution < 1.29 is 18.0 Å². The predicted octanol–water partition coefficient (Wildman–Crippen LogP) is 0.587. The highest BCUT2D eigenvalue weighted by atomic mass is 32.2. The Kier molecular flexibility index (Phi) is 4.79. The Balaban J connectivity index is 1.95. The smallest absolute Gasteiger partial charge is 0.170 e. The second-order valence-electron chi connectivity index (χ2n) is 5.10. The van der Waals surface area contributed by atoms with Crippen LogP contribution in [0.15, 0.2) is 23.4 Å². The molecule has 0 amide bonds. The van der Waals surface area contributed by atoms with Crippen LogP contribution in [0.1, 0.15) is 24.0 Å². The van der Waals surface area contributed by atoms with Gasteiger partial charge in [-0.15, -0.1) is 0 Å². The lowest BCUT2D eigenvalue weighted by Gasteiger charge is -2.23. The number of hydrogen-bond acceptors (Lipinski definition) is 5. The van der Waals surface area contributed by atoms with E-state index in [1.807, 2.05) is 0 Å². The van der Waals surface area contributed by atoms with Gasteiger partial charge in [-0.3, -0.25) is 0 Å². The summed E-state index contributed by atoms with van der Waals surface area (Å²) in [7, 11) is -2.89. The molecule has 0 atom stereocenters. The average molecular weight is 315 g/mol. The van der Waals surface area contributed by atoms with Crippen molar-refractivity contribution in [2.75, 3.05) is 11.5 Å². The molecule has 0 aliphatic carbocycles. The summed E-state index contributed by atoms with van der Waals surface area (Å²) in [6.45, 7) is 0.313. The van der Waals surface area contributed by atoms with Gasteiger partial charge in [-0.05, 0) is 18.9 Å². The van der Waals surface area contributed by atoms with Crippen LogP contribution in [-0.4, -0.2) is 37.0 Å². The summed E-state index contributed by atoms with van der Waals surface area (Å²) in [5, 5.41) is 14.5. The van der Waals surface area contributed by atoms with Gasteiger partial charge in [0.2, 0.25) is 0 Å². The van der Waals surface area contributed by atoms with Crippen molar-refractivity contribution in [2.24, 2.45) is 10.9 Å². The Morgan fingerprint density at radius 1 is 1.43 bits per heavy atom. The molecule has 1 aliphatic heterocycles. The van der Waals surface area contributed by atoms with Crippen LogP contribution in [0.4, 0.5) is 4.39 Å². The van der Waals surface area contributed by atoms with Crippen LogP contribution in [-0.2, 0) is 16.4 Å². The van der Waals surface area contributed by atoms with Crippen LogP contribution in [0.3, 0.4) is 0 Å². The third kappa shape index (κ3) is 4.15. The van der Waals surface area contributed by atoms with Crippen LogP contribution in [0.25, 0.3) is 0 Å². The molecule has 0 saturated carbocycles. The van der Waals surface area contributed by atoms with Crippen molar-refractivity contribution in [1.82, 2.24) is 5.32 Å². The minimum Gasteiger partial charge on any atom is -0.409 e. The summed E-state index contributed by atoms with van der Waals surface area (Å²) in [6.07, 6.45) is 1.10. The van der Waals surface area contributed by atoms with Gasteiger partial charge in [0, 0.05) is 23.7 Å². The molecule has 0 radical (unpaired) electrons. The van der Waals surface area contributed by atoms with Crippen LogP contribution in [0.5, 0.6) is 0 Å². The molecule has 1 saturated heterocycles. The number of nitrogens with two attached hydrogens (primary N) is 1. The van der Waals surface area contributed by atoms with Crippen molar-refractivity contribution in [1.29, 1.82) is 0 Å². The van der Waals surface area contributed by atoms with E-state index in [2.05, 4.69) is 10.5 Å². The van der Waals surface area contributed by atoms with E-state index in [0.717, 1.165) is 0 Å². The van der Waals surface area contributed by atoms with Crippen LogP contribution < -0.4 is 11.1 Å². The van der Waals surface area contributed by atoms with E-state index >= 15 is 0 Å². The first-order chi connectivity index (χ1) is 9.91. The maximum Gasteiger partial charge on any atom is 0.170 e. The Morgan fingerprint density at radius 2 is 2.10 bits per heavy atom. The summed E-state index contributed by atoms with van der Waals surface area (Å²) in [5.74, 6) is -0.244. The molecule has 21 heavy (non-hydrogen) atoms. The first-order valence-electron chi connectivity index (χ1n) is 6.61. The third-order valence-electron chi connectivity index (χ3n) is 3.59. The van der Waals surface area contributed by atoms with E-state index in [-0.39, 0.29) is 23.4 Å². The van der Waals surface area contributed by atoms with E-state index in [1.54, 1.807) is 12.1 Å². The molecule has 0 bridgehead atoms. The molecule has 2 rings (SSSR count). The van der Waals surface area contributed by atoms with Gasteiger partial charge in [-0.2, -0.15) is 0 Å². The lowest BCUT2D eigenvalue weighted by atomic mass is 10.1. The van der Waals surface area contributed by atoms with Gasteiger partial charge in [0.25, 0.3) is 0 Å². The molecular weight excluding hydrogens is 297 g/mol. The van der Waals surface area contributed by atoms with Gasteiger partial charge < -0.3 is 16.3 Å². The number of nitrogens with one attached hydrogen (secondary N) is 1. The van der Waals surface area contributed by atoms with E-state index in [9.17, 15) is 12.8 Å². The fourth-order valence-corrected chi connectivity index (χ4v) is 3.75. The normalized spacial score (nSPS) is 19.6. The monoisotopic (exact) mass is 315 g/mol. The largest absolute Gasteiger partial charge is 0.409 e. The minimum atomic E-state index is -2.89. The van der Waals surface area contributed by atoms with Gasteiger partial charge >= 0.3 is 0 Å². The number of rotatable bonds is 4. The average Bonchev–Trinajstić information content (AvgIpc) is 2.46. The quantitative estimate of drug-likeness (QED) is 0.326. The van der Waals surface area contributed by atoms with Gasteiger partial charge in [0.1, 0.15) is 15.7 Å². The second-order valence-corrected chi connectivity index (χ2v) is 7.40. The third-order valence-corrected chi connectivity index (χ3v) is 5.31. The van der Waals surface area contributed by atoms with E-state index in [0.29, 0.717) is 30.5 Å². The number of benzene rings is 1. The Bertz CT molecular complexity index is 632. The number of nitrogens with zero attached hydrogens (tertiary/aromatic N) is 1. The fraction of sp³-hybridized carbons (Fsp3) is 0.462. The number of hydrogen-bond donors (Lipinski definition) is 3. The van der Waals surface area contributed by atoms with Crippen molar-refractivity contribution in [3.05, 3.63) is 35.1 Å². The molecule has 0 spiro atoms. The molecule has 0 unspecified atom stereocenters. The van der Waals surface area contributed by atoms with Crippen LogP contribution in [0.2, 0.25) is 0 Å². The molecule has 1 aromatic rings. The predicted molar refractivity (Wildman–Crippen MR) is 77.4 cm³/mol. The van der Waals surface area contributed by atoms with Gasteiger partial charge in [0.05, 0.1) is 11.5 Å². The summed E-state index contributed by atoms with van der Waals surface area (Å²) in [6, 6.07) is 4.42. The molecule has 1 fully saturated rings. The first-order valence-corrected chi connectivity index (χ1v) is 8.43. The summed E-state index contributed by atoms with van der Waals surface area (Å²) >= 11 is 0. The number of oxime groups is 1. The summed E-state index contributed by atoms with van der Waals surface area (Å²) in [4.78, 5) is 0. The van der Waals surface area contributed by atoms with Crippen molar-refractivity contribution >= 4 is 15.7 Å². The highest BCUT2D eigenvalue weighted by molar-refractivity contribution is 7.91. The minimum absolute atomic E-state index is 0.0803. The zero-order valence-electron chi connectivity index (χ0n) is 11.4. The van der Waals surface area contributed by atoms with E-state index in [1.165, 1.54) is 6.07 Å². The fourth-order valence-electron chi connectivity index (χ4n) is 2.26. The van der Waals surface area contributed by atoms with Gasteiger partial charge in [-0.25, -0.2) is 12.8 Å². The first kappa shape index (κ1) is 15.7. The summed E-state index contributed by atoms with van der Waals surface area (Å²) < 4.78 is 36.5. The Hall–Kier alpha value is -1.67. The van der Waals surface area contributed by atoms with Gasteiger partial charge in [-0.1, -0.05) is 17.3 Å². The standard InChI is InChI=1S/C13H18FN3O3S/c14-12-7-9(13(15)17-18)1-2-10(12)8-16-11-3-5-21(19,20)6-4-11/h1-2,7,11,16,18H,3-6,8H2,(H2,15,17). The highest BCUT2D eigenvalue weighted by Gasteiger charge is 2.23. The second kappa shape index (κ2) is 6.40. The molecule has 116 valence electrons. The Morgan fingerprint density at radius 3 is 2.67 bits per heavy atom. The maximum absolute atomic E-state index is 13.9. The maximum atomic E-state index is 13.9. The van der Waals surface area contributed by atoms with Crippen molar-refractivity contribution in [2.45, 2.75) is 25.4 Å². The SMILES string of the molecule is NC(=NO)c1ccc(CNC2CCS(=O)(=O)CC2)c(F)c1. The lowest BCUT2D eigenvalue weighted by molar-refractivity contribution is 0.318. The number of amidine groups is 1. The van der Waals surface area contributed by atoms with Crippen LogP contribution >= 0.6 is 0 Å². The molecule has 1 aliphatic rings. The van der Waals surface area contributed by atoms with E-state index in [4.69, 9.17) is 10.9 Å². The molecule has 6 nitrogen and oxygen atoms in total. The van der Waals surface area contributed by atoms with Crippen molar-refractivity contribution in [3.63, 3.8) is 0 Å². The zero-order chi connectivity index (χ0) is 15.5.